The summed E-state index contributed by atoms with van der Waals surface area (Å²) in [6.45, 7) is 7.00. The third-order valence-corrected chi connectivity index (χ3v) is 4.24. The molecule has 0 aromatic carbocycles. The minimum absolute atomic E-state index is 0.0176. The fraction of sp³-hybridized carbons (Fsp3) is 0.667. The van der Waals surface area contributed by atoms with E-state index in [1.165, 1.54) is 10.8 Å². The first-order valence-corrected chi connectivity index (χ1v) is 6.39. The van der Waals surface area contributed by atoms with Crippen LogP contribution in [0.25, 0.3) is 0 Å². The van der Waals surface area contributed by atoms with Gasteiger partial charge in [-0.3, -0.25) is 4.57 Å². The van der Waals surface area contributed by atoms with Gasteiger partial charge in [0.25, 0.3) is 0 Å². The van der Waals surface area contributed by atoms with Crippen molar-refractivity contribution in [2.24, 2.45) is 0 Å². The van der Waals surface area contributed by atoms with Crippen molar-refractivity contribution >= 4 is 15.7 Å². The first-order valence-electron chi connectivity index (χ1n) is 4.85. The van der Waals surface area contributed by atoms with Crippen molar-refractivity contribution in [2.75, 3.05) is 5.73 Å². The molecule has 0 saturated heterocycles. The molecular weight excluding hydrogens is 214 g/mol. The summed E-state index contributed by atoms with van der Waals surface area (Å²) < 4.78 is 25.4. The maximum Gasteiger partial charge on any atom is 0.229 e. The first kappa shape index (κ1) is 12.0. The molecule has 0 aliphatic heterocycles. The molecule has 0 unspecified atom stereocenters. The second-order valence-electron chi connectivity index (χ2n) is 4.02. The molecule has 0 aliphatic rings. The summed E-state index contributed by atoms with van der Waals surface area (Å²) in [6.07, 6.45) is 1.38. The zero-order chi connectivity index (χ0) is 11.8. The molecule has 15 heavy (non-hydrogen) atoms. The smallest absolute Gasteiger partial charge is 0.229 e. The van der Waals surface area contributed by atoms with E-state index in [1.807, 2.05) is 13.8 Å². The highest BCUT2D eigenvalue weighted by Crippen LogP contribution is 2.22. The van der Waals surface area contributed by atoms with Crippen LogP contribution in [-0.4, -0.2) is 23.2 Å². The van der Waals surface area contributed by atoms with Crippen molar-refractivity contribution < 1.29 is 8.42 Å². The third-order valence-electron chi connectivity index (χ3n) is 2.18. The number of rotatable bonds is 3. The molecule has 0 atom stereocenters. The van der Waals surface area contributed by atoms with E-state index in [-0.39, 0.29) is 11.2 Å². The molecule has 0 spiro atoms. The van der Waals surface area contributed by atoms with Crippen LogP contribution in [0.4, 0.5) is 5.82 Å². The normalized spacial score (nSPS) is 12.7. The Balaban J connectivity index is 3.40. The Morgan fingerprint density at radius 1 is 1.33 bits per heavy atom. The molecule has 2 N–H and O–H groups in total. The van der Waals surface area contributed by atoms with Crippen LogP contribution in [0, 0.1) is 0 Å². The summed E-state index contributed by atoms with van der Waals surface area (Å²) in [5.74, 6) is 0.379. The summed E-state index contributed by atoms with van der Waals surface area (Å²) in [4.78, 5) is 3.88. The molecule has 0 fully saturated rings. The standard InChI is InChI=1S/C9H17N3O2S/c1-6(2)12-8(10)5-11-9(12)15(13,14)7(3)4/h5-7H,10H2,1-4H3. The van der Waals surface area contributed by atoms with Crippen molar-refractivity contribution in [3.63, 3.8) is 0 Å². The SMILES string of the molecule is CC(C)n1c(N)cnc1S(=O)(=O)C(C)C. The number of anilines is 1. The Labute approximate surface area is 90.2 Å². The van der Waals surface area contributed by atoms with E-state index < -0.39 is 15.1 Å². The number of nitrogen functional groups attached to an aromatic ring is 1. The Morgan fingerprint density at radius 3 is 2.27 bits per heavy atom. The molecule has 0 radical (unpaired) electrons. The maximum atomic E-state index is 11.9. The maximum absolute atomic E-state index is 11.9. The predicted molar refractivity (Wildman–Crippen MR) is 59.3 cm³/mol. The summed E-state index contributed by atoms with van der Waals surface area (Å²) >= 11 is 0. The quantitative estimate of drug-likeness (QED) is 0.848. The second kappa shape index (κ2) is 3.84. The number of sulfone groups is 1. The van der Waals surface area contributed by atoms with Crippen molar-refractivity contribution in [2.45, 2.75) is 44.1 Å². The van der Waals surface area contributed by atoms with E-state index in [9.17, 15) is 8.42 Å². The van der Waals surface area contributed by atoms with Gasteiger partial charge >= 0.3 is 0 Å². The highest BCUT2D eigenvalue weighted by Gasteiger charge is 2.26. The summed E-state index contributed by atoms with van der Waals surface area (Å²) in [6, 6.07) is -0.0176. The minimum atomic E-state index is -3.36. The van der Waals surface area contributed by atoms with Crippen molar-refractivity contribution in [3.8, 4) is 0 Å². The summed E-state index contributed by atoms with van der Waals surface area (Å²) in [5, 5.41) is -0.429. The number of nitrogens with two attached hydrogens (primary N) is 1. The molecule has 1 rings (SSSR count). The second-order valence-corrected chi connectivity index (χ2v) is 6.42. The van der Waals surface area contributed by atoms with E-state index in [4.69, 9.17) is 5.73 Å². The van der Waals surface area contributed by atoms with E-state index in [0.717, 1.165) is 0 Å². The molecule has 0 bridgehead atoms. The van der Waals surface area contributed by atoms with Gasteiger partial charge in [0.15, 0.2) is 0 Å². The minimum Gasteiger partial charge on any atom is -0.384 e. The van der Waals surface area contributed by atoms with Gasteiger partial charge in [0, 0.05) is 6.04 Å². The Bertz CT molecular complexity index is 446. The largest absolute Gasteiger partial charge is 0.384 e. The highest BCUT2D eigenvalue weighted by atomic mass is 32.2. The van der Waals surface area contributed by atoms with Crippen LogP contribution in [0.15, 0.2) is 11.4 Å². The number of imidazole rings is 1. The average Bonchev–Trinajstić information content (AvgIpc) is 2.47. The highest BCUT2D eigenvalue weighted by molar-refractivity contribution is 7.91. The van der Waals surface area contributed by atoms with E-state index in [1.54, 1.807) is 13.8 Å². The van der Waals surface area contributed by atoms with E-state index in [0.29, 0.717) is 5.82 Å². The topological polar surface area (TPSA) is 78.0 Å². The van der Waals surface area contributed by atoms with Gasteiger partial charge in [-0.25, -0.2) is 13.4 Å². The molecule has 1 aromatic rings. The lowest BCUT2D eigenvalue weighted by atomic mass is 10.4. The van der Waals surface area contributed by atoms with Gasteiger partial charge in [-0.2, -0.15) is 0 Å². The summed E-state index contributed by atoms with van der Waals surface area (Å²) in [5.41, 5.74) is 5.68. The molecule has 5 nitrogen and oxygen atoms in total. The summed E-state index contributed by atoms with van der Waals surface area (Å²) in [7, 11) is -3.36. The molecule has 1 aromatic heterocycles. The van der Waals surface area contributed by atoms with Crippen LogP contribution < -0.4 is 5.73 Å². The Kier molecular flexibility index (Phi) is 3.08. The number of nitrogens with zero attached hydrogens (tertiary/aromatic N) is 2. The fourth-order valence-corrected chi connectivity index (χ4v) is 2.51. The molecule has 6 heteroatoms. The van der Waals surface area contributed by atoms with Gasteiger partial charge in [0.1, 0.15) is 5.82 Å². The monoisotopic (exact) mass is 231 g/mol. The van der Waals surface area contributed by atoms with E-state index >= 15 is 0 Å². The average molecular weight is 231 g/mol. The van der Waals surface area contributed by atoms with Gasteiger partial charge in [-0.15, -0.1) is 0 Å². The van der Waals surface area contributed by atoms with Crippen molar-refractivity contribution in [1.29, 1.82) is 0 Å². The molecular formula is C9H17N3O2S. The van der Waals surface area contributed by atoms with Crippen LogP contribution in [0.1, 0.15) is 33.7 Å². The molecule has 0 aliphatic carbocycles. The number of hydrogen-bond donors (Lipinski definition) is 1. The molecule has 0 saturated carbocycles. The lowest BCUT2D eigenvalue weighted by molar-refractivity contribution is 0.521. The van der Waals surface area contributed by atoms with Crippen molar-refractivity contribution in [1.82, 2.24) is 9.55 Å². The lowest BCUT2D eigenvalue weighted by Crippen LogP contribution is -2.21. The van der Waals surface area contributed by atoms with Crippen LogP contribution >= 0.6 is 0 Å². The lowest BCUT2D eigenvalue weighted by Gasteiger charge is -2.14. The fourth-order valence-electron chi connectivity index (χ4n) is 1.30. The zero-order valence-corrected chi connectivity index (χ0v) is 10.2. The predicted octanol–water partition coefficient (Wildman–Crippen LogP) is 1.23. The van der Waals surface area contributed by atoms with Crippen LogP contribution in [-0.2, 0) is 9.84 Å². The van der Waals surface area contributed by atoms with Crippen LogP contribution in [0.3, 0.4) is 0 Å². The van der Waals surface area contributed by atoms with Crippen LogP contribution in [0.2, 0.25) is 0 Å². The van der Waals surface area contributed by atoms with Gasteiger partial charge < -0.3 is 5.73 Å². The molecule has 0 amide bonds. The van der Waals surface area contributed by atoms with Gasteiger partial charge in [0.05, 0.1) is 11.4 Å². The number of aromatic nitrogens is 2. The first-order chi connectivity index (χ1) is 6.78. The van der Waals surface area contributed by atoms with Crippen molar-refractivity contribution in [3.05, 3.63) is 6.20 Å². The van der Waals surface area contributed by atoms with E-state index in [2.05, 4.69) is 4.98 Å². The number of hydrogen-bond acceptors (Lipinski definition) is 4. The third kappa shape index (κ3) is 1.99. The molecule has 86 valence electrons. The van der Waals surface area contributed by atoms with Gasteiger partial charge in [-0.1, -0.05) is 0 Å². The zero-order valence-electron chi connectivity index (χ0n) is 9.43. The molecule has 1 heterocycles. The van der Waals surface area contributed by atoms with Gasteiger partial charge in [-0.05, 0) is 27.7 Å². The van der Waals surface area contributed by atoms with Crippen LogP contribution in [0.5, 0.6) is 0 Å². The Hall–Kier alpha value is -1.04. The van der Waals surface area contributed by atoms with Gasteiger partial charge in [0.2, 0.25) is 15.0 Å². The Morgan fingerprint density at radius 2 is 1.87 bits per heavy atom.